The van der Waals surface area contributed by atoms with E-state index in [0.29, 0.717) is 0 Å². The first-order valence-electron chi connectivity index (χ1n) is 10.8. The first-order chi connectivity index (χ1) is 15.7. The monoisotopic (exact) mass is 440 g/mol. The summed E-state index contributed by atoms with van der Waals surface area (Å²) in [5.74, 6) is 0. The predicted octanol–water partition coefficient (Wildman–Crippen LogP) is 6.87. The second-order valence-electron chi connectivity index (χ2n) is 7.68. The van der Waals surface area contributed by atoms with E-state index in [2.05, 4.69) is 59.1 Å². The highest BCUT2D eigenvalue weighted by atomic mass is 32.1. The van der Waals surface area contributed by atoms with E-state index in [4.69, 9.17) is 11.5 Å². The standard InChI is InChI=1S/C20H22N2.C7H6N2S/c1-2-8-18-19(14-22-16-10-4-3-5-11-16)17-12-7-6-9-15(17)13-20(18)21;8-7-5-3-1-2-4-6(5)9-10-7/h3-7,9-13,22H,2,8,14,21H2,1H3;1-4H,8H2. The van der Waals surface area contributed by atoms with Gasteiger partial charge >= 0.3 is 0 Å². The molecule has 1 heterocycles. The van der Waals surface area contributed by atoms with E-state index in [1.165, 1.54) is 33.4 Å². The van der Waals surface area contributed by atoms with Crippen LogP contribution in [0.4, 0.5) is 16.4 Å². The van der Waals surface area contributed by atoms with Crippen LogP contribution in [0, 0.1) is 0 Å². The lowest BCUT2D eigenvalue weighted by Crippen LogP contribution is -2.07. The lowest BCUT2D eigenvalue weighted by molar-refractivity contribution is 0.908. The van der Waals surface area contributed by atoms with Crippen molar-refractivity contribution in [2.75, 3.05) is 16.8 Å². The van der Waals surface area contributed by atoms with Gasteiger partial charge in [-0.2, -0.15) is 4.37 Å². The van der Waals surface area contributed by atoms with Crippen molar-refractivity contribution in [1.82, 2.24) is 4.37 Å². The van der Waals surface area contributed by atoms with Gasteiger partial charge in [-0.15, -0.1) is 0 Å². The molecule has 0 aliphatic rings. The summed E-state index contributed by atoms with van der Waals surface area (Å²) in [6.45, 7) is 2.99. The lowest BCUT2D eigenvalue weighted by atomic mass is 9.94. The average Bonchev–Trinajstić information content (AvgIpc) is 3.21. The summed E-state index contributed by atoms with van der Waals surface area (Å²) in [6, 6.07) is 28.8. The summed E-state index contributed by atoms with van der Waals surface area (Å²) in [5, 5.41) is 7.90. The summed E-state index contributed by atoms with van der Waals surface area (Å²) in [4.78, 5) is 0. The summed E-state index contributed by atoms with van der Waals surface area (Å²) < 4.78 is 4.13. The lowest BCUT2D eigenvalue weighted by Gasteiger charge is -2.17. The number of hydrogen-bond donors (Lipinski definition) is 3. The average molecular weight is 441 g/mol. The van der Waals surface area contributed by atoms with Gasteiger partial charge in [-0.25, -0.2) is 0 Å². The van der Waals surface area contributed by atoms with E-state index < -0.39 is 0 Å². The van der Waals surface area contributed by atoms with Crippen molar-refractivity contribution in [2.45, 2.75) is 26.3 Å². The van der Waals surface area contributed by atoms with Crippen molar-refractivity contribution in [3.63, 3.8) is 0 Å². The normalized spacial score (nSPS) is 10.7. The fourth-order valence-corrected chi connectivity index (χ4v) is 4.52. The first kappa shape index (κ1) is 21.7. The highest BCUT2D eigenvalue weighted by Gasteiger charge is 2.11. The molecule has 0 fully saturated rings. The molecule has 0 spiro atoms. The molecule has 0 bridgehead atoms. The number of nitrogen functional groups attached to an aromatic ring is 2. The number of nitrogens with one attached hydrogen (secondary N) is 1. The Kier molecular flexibility index (Phi) is 6.87. The quantitative estimate of drug-likeness (QED) is 0.261. The Hall–Kier alpha value is -3.57. The third-order valence-corrected chi connectivity index (χ3v) is 6.17. The Morgan fingerprint density at radius 2 is 1.50 bits per heavy atom. The maximum atomic E-state index is 6.31. The van der Waals surface area contributed by atoms with Gasteiger partial charge in [0.2, 0.25) is 0 Å². The van der Waals surface area contributed by atoms with Crippen molar-refractivity contribution >= 4 is 49.6 Å². The molecule has 0 atom stereocenters. The predicted molar refractivity (Wildman–Crippen MR) is 140 cm³/mol. The third-order valence-electron chi connectivity index (χ3n) is 5.46. The molecule has 5 N–H and O–H groups in total. The molecule has 0 aliphatic carbocycles. The molecule has 0 aliphatic heterocycles. The van der Waals surface area contributed by atoms with Crippen molar-refractivity contribution in [1.29, 1.82) is 0 Å². The fourth-order valence-electron chi connectivity index (χ4n) is 3.89. The maximum absolute atomic E-state index is 6.31. The van der Waals surface area contributed by atoms with Gasteiger partial charge in [-0.3, -0.25) is 0 Å². The Morgan fingerprint density at radius 3 is 2.25 bits per heavy atom. The molecule has 0 amide bonds. The molecule has 0 saturated carbocycles. The highest BCUT2D eigenvalue weighted by molar-refractivity contribution is 7.11. The van der Waals surface area contributed by atoms with Gasteiger partial charge in [-0.05, 0) is 70.2 Å². The van der Waals surface area contributed by atoms with Gasteiger partial charge in [0.15, 0.2) is 0 Å². The van der Waals surface area contributed by atoms with Crippen molar-refractivity contribution in [3.05, 3.63) is 96.1 Å². The fraction of sp³-hybridized carbons (Fsp3) is 0.148. The summed E-state index contributed by atoms with van der Waals surface area (Å²) in [5.41, 5.74) is 17.6. The zero-order valence-corrected chi connectivity index (χ0v) is 19.0. The van der Waals surface area contributed by atoms with E-state index >= 15 is 0 Å². The van der Waals surface area contributed by atoms with Crippen molar-refractivity contribution in [2.24, 2.45) is 0 Å². The highest BCUT2D eigenvalue weighted by Crippen LogP contribution is 2.29. The van der Waals surface area contributed by atoms with Gasteiger partial charge in [0.05, 0.1) is 5.52 Å². The van der Waals surface area contributed by atoms with E-state index in [0.717, 1.165) is 46.7 Å². The Balaban J connectivity index is 0.000000203. The van der Waals surface area contributed by atoms with E-state index in [9.17, 15) is 0 Å². The minimum atomic E-state index is 0.797. The van der Waals surface area contributed by atoms with Crippen molar-refractivity contribution < 1.29 is 0 Å². The Bertz CT molecular complexity index is 1310. The molecular weight excluding hydrogens is 412 g/mol. The van der Waals surface area contributed by atoms with Crippen LogP contribution in [0.25, 0.3) is 21.7 Å². The smallest absolute Gasteiger partial charge is 0.114 e. The number of rotatable bonds is 5. The number of hydrogen-bond acceptors (Lipinski definition) is 5. The molecule has 5 rings (SSSR count). The second kappa shape index (κ2) is 10.2. The van der Waals surface area contributed by atoms with E-state index in [1.807, 2.05) is 42.5 Å². The van der Waals surface area contributed by atoms with Crippen LogP contribution in [0.1, 0.15) is 24.5 Å². The van der Waals surface area contributed by atoms with Crippen LogP contribution >= 0.6 is 11.5 Å². The summed E-state index contributed by atoms with van der Waals surface area (Å²) in [7, 11) is 0. The minimum absolute atomic E-state index is 0.797. The third kappa shape index (κ3) is 4.84. The number of aromatic nitrogens is 1. The summed E-state index contributed by atoms with van der Waals surface area (Å²) >= 11 is 1.35. The molecule has 4 nitrogen and oxygen atoms in total. The van der Waals surface area contributed by atoms with Gasteiger partial charge in [0.25, 0.3) is 0 Å². The number of nitrogens with two attached hydrogens (primary N) is 2. The van der Waals surface area contributed by atoms with Gasteiger partial charge < -0.3 is 16.8 Å². The first-order valence-corrected chi connectivity index (χ1v) is 11.6. The molecule has 4 aromatic carbocycles. The molecule has 162 valence electrons. The van der Waals surface area contributed by atoms with Crippen molar-refractivity contribution in [3.8, 4) is 0 Å². The number of anilines is 3. The minimum Gasteiger partial charge on any atom is -0.398 e. The second-order valence-corrected chi connectivity index (χ2v) is 8.48. The SMILES string of the molecule is CCCc1c(N)cc2ccccc2c1CNc1ccccc1.Nc1snc2ccccc12. The number of benzene rings is 4. The van der Waals surface area contributed by atoms with Crippen LogP contribution < -0.4 is 16.8 Å². The maximum Gasteiger partial charge on any atom is 0.114 e. The molecule has 1 aromatic heterocycles. The van der Waals surface area contributed by atoms with Crippen LogP contribution in [0.3, 0.4) is 0 Å². The molecule has 0 saturated heterocycles. The van der Waals surface area contributed by atoms with E-state index in [1.54, 1.807) is 0 Å². The largest absolute Gasteiger partial charge is 0.398 e. The van der Waals surface area contributed by atoms with Crippen LogP contribution in [0.5, 0.6) is 0 Å². The van der Waals surface area contributed by atoms with Crippen LogP contribution in [-0.2, 0) is 13.0 Å². The number of para-hydroxylation sites is 1. The van der Waals surface area contributed by atoms with Gasteiger partial charge in [-0.1, -0.05) is 67.9 Å². The van der Waals surface area contributed by atoms with Gasteiger partial charge in [0.1, 0.15) is 5.00 Å². The Labute approximate surface area is 193 Å². The van der Waals surface area contributed by atoms with Crippen LogP contribution in [0.2, 0.25) is 0 Å². The van der Waals surface area contributed by atoms with Crippen LogP contribution in [0.15, 0.2) is 84.9 Å². The number of nitrogens with zero attached hydrogens (tertiary/aromatic N) is 1. The summed E-state index contributed by atoms with van der Waals surface area (Å²) in [6.07, 6.45) is 2.11. The van der Waals surface area contributed by atoms with Crippen LogP contribution in [-0.4, -0.2) is 4.37 Å². The zero-order chi connectivity index (χ0) is 22.3. The molecule has 5 heteroatoms. The molecule has 0 unspecified atom stereocenters. The molecule has 5 aromatic rings. The molecule has 0 radical (unpaired) electrons. The Morgan fingerprint density at radius 1 is 0.812 bits per heavy atom. The van der Waals surface area contributed by atoms with Gasteiger partial charge in [0, 0.05) is 23.3 Å². The number of fused-ring (bicyclic) bond motifs is 2. The topological polar surface area (TPSA) is 77.0 Å². The molecular formula is C27H28N4S. The molecule has 32 heavy (non-hydrogen) atoms. The van der Waals surface area contributed by atoms with E-state index in [-0.39, 0.29) is 0 Å². The zero-order valence-electron chi connectivity index (χ0n) is 18.2.